The fraction of sp³-hybridized carbons (Fsp3) is 0.435. The van der Waals surface area contributed by atoms with Crippen molar-refractivity contribution in [2.75, 3.05) is 76.3 Å². The van der Waals surface area contributed by atoms with E-state index in [4.69, 9.17) is 4.98 Å². The van der Waals surface area contributed by atoms with Gasteiger partial charge in [0.05, 0.1) is 46.3 Å². The maximum atomic E-state index is 4.79. The van der Waals surface area contributed by atoms with Crippen LogP contribution in [0.5, 0.6) is 0 Å². The quantitative estimate of drug-likeness (QED) is 0.165. The zero-order chi connectivity index (χ0) is 37.1. The lowest BCUT2D eigenvalue weighted by Gasteiger charge is -2.34. The van der Waals surface area contributed by atoms with Crippen molar-refractivity contribution in [3.63, 3.8) is 0 Å². The van der Waals surface area contributed by atoms with Crippen molar-refractivity contribution in [3.8, 4) is 0 Å². The highest BCUT2D eigenvalue weighted by atomic mass is 15.3. The molecule has 4 aromatic carbocycles. The van der Waals surface area contributed by atoms with Crippen LogP contribution >= 0.6 is 0 Å². The molecule has 8 heteroatoms. The van der Waals surface area contributed by atoms with E-state index in [1.807, 2.05) is 6.33 Å². The first-order chi connectivity index (χ1) is 26.3. The number of hydrogen-bond donors (Lipinski definition) is 0. The number of likely N-dealkylation sites (N-methyl/N-ethyl adjacent to an activating group) is 2. The molecule has 3 fully saturated rings. The van der Waals surface area contributed by atoms with Crippen LogP contribution in [0.3, 0.4) is 0 Å². The molecule has 3 aliphatic rings. The van der Waals surface area contributed by atoms with Gasteiger partial charge in [0.2, 0.25) is 0 Å². The van der Waals surface area contributed by atoms with Gasteiger partial charge in [0, 0.05) is 63.7 Å². The van der Waals surface area contributed by atoms with E-state index in [0.717, 1.165) is 63.4 Å². The fourth-order valence-corrected chi connectivity index (χ4v) is 8.95. The number of rotatable bonds is 7. The number of fused-ring (bicyclic) bond motifs is 2. The fourth-order valence-electron chi connectivity index (χ4n) is 8.95. The van der Waals surface area contributed by atoms with E-state index in [1.165, 1.54) is 65.6 Å². The van der Waals surface area contributed by atoms with Crippen molar-refractivity contribution in [2.45, 2.75) is 57.5 Å². The van der Waals surface area contributed by atoms with Gasteiger partial charge in [-0.25, -0.2) is 9.97 Å². The van der Waals surface area contributed by atoms with Crippen molar-refractivity contribution < 1.29 is 0 Å². The Kier molecular flexibility index (Phi) is 10.7. The zero-order valence-corrected chi connectivity index (χ0v) is 32.8. The lowest BCUT2D eigenvalue weighted by atomic mass is 9.81. The van der Waals surface area contributed by atoms with Gasteiger partial charge < -0.3 is 28.7 Å². The third-order valence-corrected chi connectivity index (χ3v) is 12.4. The second kappa shape index (κ2) is 16.0. The largest absolute Gasteiger partial charge is 0.369 e. The number of nitrogens with zero attached hydrogens (tertiary/aromatic N) is 8. The van der Waals surface area contributed by atoms with Crippen molar-refractivity contribution >= 4 is 33.4 Å². The molecule has 1 saturated carbocycles. The summed E-state index contributed by atoms with van der Waals surface area (Å²) in [5, 5.41) is 0. The summed E-state index contributed by atoms with van der Waals surface area (Å²) in [5.74, 6) is 0.691. The molecular weight excluding hydrogens is 665 g/mol. The van der Waals surface area contributed by atoms with Crippen LogP contribution in [0, 0.1) is 5.92 Å². The van der Waals surface area contributed by atoms with E-state index in [1.54, 1.807) is 0 Å². The van der Waals surface area contributed by atoms with Gasteiger partial charge in [-0.15, -0.1) is 0 Å². The van der Waals surface area contributed by atoms with Gasteiger partial charge in [-0.2, -0.15) is 0 Å². The molecule has 0 bridgehead atoms. The molecule has 1 atom stereocenters. The standard InChI is InChI=1S/C25H32N4.C21H26N4/c1-27-14-16-28(17-15-27)22-12-13-23-24(18-22)29(19-26-23)25(20-8-4-2-5-9-20)21-10-6-3-7-11-21;1-21(2,17-7-5-4-6-8-17)25-16-22-19-10-9-18(15-20(19)25)24-13-11-23(3)12-14-24/h2,4-5,8-9,12-13,18-19,21,25H,3,6-7,10-11,14-17H2,1H3;4-10,15-16H,11-14H2,1-3H3. The molecule has 1 unspecified atom stereocenters. The van der Waals surface area contributed by atoms with Gasteiger partial charge in [0.15, 0.2) is 0 Å². The van der Waals surface area contributed by atoms with E-state index in [2.05, 4.69) is 165 Å². The van der Waals surface area contributed by atoms with Crippen molar-refractivity contribution in [1.82, 2.24) is 28.9 Å². The molecule has 9 rings (SSSR count). The van der Waals surface area contributed by atoms with Crippen LogP contribution in [0.15, 0.2) is 110 Å². The van der Waals surface area contributed by atoms with Gasteiger partial charge in [0.1, 0.15) is 0 Å². The predicted molar refractivity (Wildman–Crippen MR) is 225 cm³/mol. The van der Waals surface area contributed by atoms with Crippen LogP contribution in [0.1, 0.15) is 63.1 Å². The Balaban J connectivity index is 0.000000155. The highest BCUT2D eigenvalue weighted by Gasteiger charge is 2.29. The van der Waals surface area contributed by atoms with Crippen LogP contribution in [-0.2, 0) is 5.54 Å². The van der Waals surface area contributed by atoms with Crippen LogP contribution < -0.4 is 9.80 Å². The number of piperazine rings is 2. The van der Waals surface area contributed by atoms with Gasteiger partial charge in [-0.3, -0.25) is 0 Å². The molecule has 2 aliphatic heterocycles. The summed E-state index contributed by atoms with van der Waals surface area (Å²) < 4.78 is 4.78. The minimum atomic E-state index is -0.142. The van der Waals surface area contributed by atoms with Crippen LogP contribution in [0.2, 0.25) is 0 Å². The average Bonchev–Trinajstić information content (AvgIpc) is 3.85. The minimum absolute atomic E-state index is 0.142. The van der Waals surface area contributed by atoms with Crippen LogP contribution in [0.4, 0.5) is 11.4 Å². The first kappa shape index (κ1) is 36.3. The molecule has 2 saturated heterocycles. The summed E-state index contributed by atoms with van der Waals surface area (Å²) in [4.78, 5) is 19.2. The van der Waals surface area contributed by atoms with Crippen molar-refractivity contribution in [1.29, 1.82) is 0 Å². The second-order valence-corrected chi connectivity index (χ2v) is 16.4. The average molecular weight is 723 g/mol. The summed E-state index contributed by atoms with van der Waals surface area (Å²) in [5.41, 5.74) is 9.85. The number of imidazole rings is 2. The highest BCUT2D eigenvalue weighted by molar-refractivity contribution is 5.81. The molecule has 1 aliphatic carbocycles. The molecule has 54 heavy (non-hydrogen) atoms. The Labute approximate surface area is 322 Å². The lowest BCUT2D eigenvalue weighted by molar-refractivity contribution is 0.282. The number of aromatic nitrogens is 4. The smallest absolute Gasteiger partial charge is 0.0966 e. The Morgan fingerprint density at radius 3 is 1.69 bits per heavy atom. The first-order valence-corrected chi connectivity index (χ1v) is 20.3. The van der Waals surface area contributed by atoms with Gasteiger partial charge in [0.25, 0.3) is 0 Å². The third kappa shape index (κ3) is 7.64. The maximum Gasteiger partial charge on any atom is 0.0966 e. The summed E-state index contributed by atoms with van der Waals surface area (Å²) in [6, 6.07) is 35.6. The molecule has 4 heterocycles. The summed E-state index contributed by atoms with van der Waals surface area (Å²) in [6.45, 7) is 13.4. The normalized spacial score (nSPS) is 18.5. The third-order valence-electron chi connectivity index (χ3n) is 12.4. The highest BCUT2D eigenvalue weighted by Crippen LogP contribution is 2.39. The van der Waals surface area contributed by atoms with E-state index in [0.29, 0.717) is 12.0 Å². The first-order valence-electron chi connectivity index (χ1n) is 20.3. The van der Waals surface area contributed by atoms with Crippen molar-refractivity contribution in [2.24, 2.45) is 5.92 Å². The summed E-state index contributed by atoms with van der Waals surface area (Å²) in [6.07, 6.45) is 10.8. The minimum Gasteiger partial charge on any atom is -0.369 e. The zero-order valence-electron chi connectivity index (χ0n) is 32.8. The Morgan fingerprint density at radius 1 is 0.574 bits per heavy atom. The molecule has 0 N–H and O–H groups in total. The SMILES string of the molecule is CN1CCN(c2ccc3ncn(C(C)(C)c4ccccc4)c3c2)CC1.CN1CCN(c2ccc3ncn(C(c4ccccc4)C4CCCCC4)c3c2)CC1. The molecule has 282 valence electrons. The molecule has 0 radical (unpaired) electrons. The number of hydrogen-bond acceptors (Lipinski definition) is 6. The number of anilines is 2. The van der Waals surface area contributed by atoms with Crippen LogP contribution in [-0.4, -0.2) is 95.4 Å². The monoisotopic (exact) mass is 722 g/mol. The maximum absolute atomic E-state index is 4.79. The molecule has 6 aromatic rings. The Bertz CT molecular complexity index is 2100. The second-order valence-electron chi connectivity index (χ2n) is 16.4. The van der Waals surface area contributed by atoms with E-state index in [-0.39, 0.29) is 5.54 Å². The van der Waals surface area contributed by atoms with Gasteiger partial charge in [-0.1, -0.05) is 79.9 Å². The molecular formula is C46H58N8. The number of benzene rings is 4. The van der Waals surface area contributed by atoms with Gasteiger partial charge >= 0.3 is 0 Å². The Morgan fingerprint density at radius 2 is 1.09 bits per heavy atom. The molecule has 8 nitrogen and oxygen atoms in total. The van der Waals surface area contributed by atoms with E-state index >= 15 is 0 Å². The Hall–Kier alpha value is -4.66. The van der Waals surface area contributed by atoms with E-state index in [9.17, 15) is 0 Å². The van der Waals surface area contributed by atoms with E-state index < -0.39 is 0 Å². The van der Waals surface area contributed by atoms with Crippen molar-refractivity contribution in [3.05, 3.63) is 121 Å². The van der Waals surface area contributed by atoms with Gasteiger partial charge in [-0.05, 0) is 94.2 Å². The topological polar surface area (TPSA) is 48.6 Å². The predicted octanol–water partition coefficient (Wildman–Crippen LogP) is 8.53. The molecule has 0 amide bonds. The summed E-state index contributed by atoms with van der Waals surface area (Å²) in [7, 11) is 4.40. The summed E-state index contributed by atoms with van der Waals surface area (Å²) >= 11 is 0. The molecule has 2 aromatic heterocycles. The lowest BCUT2D eigenvalue weighted by Crippen LogP contribution is -2.44. The van der Waals surface area contributed by atoms with Crippen LogP contribution in [0.25, 0.3) is 22.1 Å². The molecule has 0 spiro atoms.